The number of benzene rings is 2. The molecule has 4 rings (SSSR count). The fourth-order valence-corrected chi connectivity index (χ4v) is 3.29. The van der Waals surface area contributed by atoms with Crippen LogP contribution < -0.4 is 5.32 Å². The average Bonchev–Trinajstić information content (AvgIpc) is 3.14. The normalized spacial score (nSPS) is 14.2. The molecule has 0 bridgehead atoms. The van der Waals surface area contributed by atoms with Gasteiger partial charge in [-0.15, -0.1) is 0 Å². The lowest BCUT2D eigenvalue weighted by Gasteiger charge is -2.28. The van der Waals surface area contributed by atoms with Gasteiger partial charge in [0.25, 0.3) is 0 Å². The molecule has 134 valence electrons. The highest BCUT2D eigenvalue weighted by atomic mass is 19.1. The Labute approximate surface area is 151 Å². The van der Waals surface area contributed by atoms with Crippen molar-refractivity contribution in [2.75, 3.05) is 25.0 Å². The topological polar surface area (TPSA) is 54.2 Å². The van der Waals surface area contributed by atoms with Crippen LogP contribution in [0.5, 0.6) is 0 Å². The number of anilines is 1. The standard InChI is InChI=1S/C20H21FN4O/c21-18-9-4-3-8-17(18)19-23-20(26-24-19)22-11-5-12-25-13-10-15-6-1-2-7-16(15)14-25/h1-4,6-9H,5,10-14H2,(H,22,23,24). The highest BCUT2D eigenvalue weighted by Crippen LogP contribution is 2.21. The van der Waals surface area contributed by atoms with Gasteiger partial charge in [-0.2, -0.15) is 4.98 Å². The number of hydrogen-bond donors (Lipinski definition) is 1. The molecule has 2 heterocycles. The Bertz CT molecular complexity index is 880. The van der Waals surface area contributed by atoms with Gasteiger partial charge in [0.05, 0.1) is 5.56 Å². The summed E-state index contributed by atoms with van der Waals surface area (Å²) in [6.07, 6.45) is 2.08. The molecule has 6 heteroatoms. The first kappa shape index (κ1) is 16.7. The molecule has 0 unspecified atom stereocenters. The SMILES string of the molecule is Fc1ccccc1-c1noc(NCCCN2CCc3ccccc3C2)n1. The minimum absolute atomic E-state index is 0.262. The molecule has 1 aliphatic heterocycles. The molecular weight excluding hydrogens is 331 g/mol. The first-order valence-corrected chi connectivity index (χ1v) is 8.91. The minimum Gasteiger partial charge on any atom is -0.338 e. The number of nitrogens with one attached hydrogen (secondary N) is 1. The molecule has 0 fully saturated rings. The third-order valence-corrected chi connectivity index (χ3v) is 4.68. The lowest BCUT2D eigenvalue weighted by atomic mass is 10.00. The molecule has 1 aromatic heterocycles. The van der Waals surface area contributed by atoms with E-state index in [-0.39, 0.29) is 11.6 Å². The second-order valence-corrected chi connectivity index (χ2v) is 6.48. The van der Waals surface area contributed by atoms with E-state index in [4.69, 9.17) is 4.52 Å². The van der Waals surface area contributed by atoms with Crippen LogP contribution in [0.15, 0.2) is 53.1 Å². The van der Waals surface area contributed by atoms with Crippen LogP contribution in [0.1, 0.15) is 17.5 Å². The quantitative estimate of drug-likeness (QED) is 0.685. The number of rotatable bonds is 6. The Morgan fingerprint density at radius 2 is 1.88 bits per heavy atom. The Hall–Kier alpha value is -2.73. The zero-order valence-electron chi connectivity index (χ0n) is 14.5. The summed E-state index contributed by atoms with van der Waals surface area (Å²) in [5, 5.41) is 6.97. The van der Waals surface area contributed by atoms with Gasteiger partial charge in [-0.1, -0.05) is 41.6 Å². The first-order valence-electron chi connectivity index (χ1n) is 8.91. The summed E-state index contributed by atoms with van der Waals surface area (Å²) in [5.74, 6) is -0.0940. The Kier molecular flexibility index (Phi) is 4.93. The molecule has 0 saturated carbocycles. The van der Waals surface area contributed by atoms with Gasteiger partial charge < -0.3 is 9.84 Å². The van der Waals surface area contributed by atoms with Crippen molar-refractivity contribution < 1.29 is 8.91 Å². The molecule has 5 nitrogen and oxygen atoms in total. The predicted octanol–water partition coefficient (Wildman–Crippen LogP) is 3.74. The van der Waals surface area contributed by atoms with E-state index in [0.717, 1.165) is 39.0 Å². The van der Waals surface area contributed by atoms with Crippen molar-refractivity contribution in [3.05, 3.63) is 65.5 Å². The number of nitrogens with zero attached hydrogens (tertiary/aromatic N) is 3. The van der Waals surface area contributed by atoms with Gasteiger partial charge in [-0.05, 0) is 36.1 Å². The van der Waals surface area contributed by atoms with Gasteiger partial charge in [-0.25, -0.2) is 4.39 Å². The van der Waals surface area contributed by atoms with Gasteiger partial charge in [0.1, 0.15) is 5.82 Å². The lowest BCUT2D eigenvalue weighted by Crippen LogP contribution is -2.32. The minimum atomic E-state index is -0.356. The van der Waals surface area contributed by atoms with E-state index >= 15 is 0 Å². The zero-order chi connectivity index (χ0) is 17.8. The molecule has 26 heavy (non-hydrogen) atoms. The maximum Gasteiger partial charge on any atom is 0.321 e. The number of hydrogen-bond acceptors (Lipinski definition) is 5. The van der Waals surface area contributed by atoms with Crippen molar-refractivity contribution in [3.63, 3.8) is 0 Å². The Morgan fingerprint density at radius 1 is 1.08 bits per heavy atom. The molecular formula is C20H21FN4O. The third kappa shape index (κ3) is 3.75. The van der Waals surface area contributed by atoms with E-state index in [2.05, 4.69) is 44.6 Å². The molecule has 2 aromatic carbocycles. The van der Waals surface area contributed by atoms with Crippen molar-refractivity contribution >= 4 is 6.01 Å². The van der Waals surface area contributed by atoms with Crippen molar-refractivity contribution in [2.45, 2.75) is 19.4 Å². The lowest BCUT2D eigenvalue weighted by molar-refractivity contribution is 0.253. The highest BCUT2D eigenvalue weighted by molar-refractivity contribution is 5.56. The Morgan fingerprint density at radius 3 is 2.77 bits per heavy atom. The van der Waals surface area contributed by atoms with Gasteiger partial charge in [-0.3, -0.25) is 4.90 Å². The van der Waals surface area contributed by atoms with Gasteiger partial charge in [0, 0.05) is 26.2 Å². The molecule has 0 amide bonds. The summed E-state index contributed by atoms with van der Waals surface area (Å²) < 4.78 is 18.9. The Balaban J connectivity index is 1.25. The molecule has 0 saturated heterocycles. The fourth-order valence-electron chi connectivity index (χ4n) is 3.29. The van der Waals surface area contributed by atoms with Crippen LogP contribution >= 0.6 is 0 Å². The van der Waals surface area contributed by atoms with E-state index in [1.165, 1.54) is 17.2 Å². The molecule has 0 radical (unpaired) electrons. The van der Waals surface area contributed by atoms with Crippen molar-refractivity contribution in [1.29, 1.82) is 0 Å². The maximum absolute atomic E-state index is 13.8. The van der Waals surface area contributed by atoms with Crippen LogP contribution in [-0.4, -0.2) is 34.7 Å². The first-order chi connectivity index (χ1) is 12.8. The van der Waals surface area contributed by atoms with E-state index in [0.29, 0.717) is 11.6 Å². The number of fused-ring (bicyclic) bond motifs is 1. The van der Waals surface area contributed by atoms with Crippen LogP contribution in [0, 0.1) is 5.82 Å². The smallest absolute Gasteiger partial charge is 0.321 e. The van der Waals surface area contributed by atoms with Crippen molar-refractivity contribution in [1.82, 2.24) is 15.0 Å². The molecule has 0 aliphatic carbocycles. The van der Waals surface area contributed by atoms with Gasteiger partial charge >= 0.3 is 6.01 Å². The van der Waals surface area contributed by atoms with E-state index in [1.807, 2.05) is 0 Å². The summed E-state index contributed by atoms with van der Waals surface area (Å²) in [5.41, 5.74) is 3.24. The van der Waals surface area contributed by atoms with Crippen LogP contribution in [0.25, 0.3) is 11.4 Å². The predicted molar refractivity (Wildman–Crippen MR) is 98.2 cm³/mol. The maximum atomic E-state index is 13.8. The fraction of sp³-hybridized carbons (Fsp3) is 0.300. The molecule has 0 spiro atoms. The number of halogens is 1. The summed E-state index contributed by atoms with van der Waals surface area (Å²) in [6, 6.07) is 15.4. The van der Waals surface area contributed by atoms with Gasteiger partial charge in [0.15, 0.2) is 0 Å². The molecule has 1 N–H and O–H groups in total. The van der Waals surface area contributed by atoms with E-state index < -0.39 is 0 Å². The second-order valence-electron chi connectivity index (χ2n) is 6.48. The summed E-state index contributed by atoms with van der Waals surface area (Å²) in [4.78, 5) is 6.67. The summed E-state index contributed by atoms with van der Waals surface area (Å²) >= 11 is 0. The van der Waals surface area contributed by atoms with E-state index in [1.54, 1.807) is 18.2 Å². The average molecular weight is 352 g/mol. The molecule has 0 atom stereocenters. The van der Waals surface area contributed by atoms with Crippen molar-refractivity contribution in [2.24, 2.45) is 0 Å². The summed E-state index contributed by atoms with van der Waals surface area (Å²) in [7, 11) is 0. The van der Waals surface area contributed by atoms with Crippen LogP contribution in [0.3, 0.4) is 0 Å². The third-order valence-electron chi connectivity index (χ3n) is 4.68. The van der Waals surface area contributed by atoms with Crippen LogP contribution in [0.4, 0.5) is 10.4 Å². The van der Waals surface area contributed by atoms with Gasteiger partial charge in [0.2, 0.25) is 5.82 Å². The summed E-state index contributed by atoms with van der Waals surface area (Å²) in [6.45, 7) is 3.84. The zero-order valence-corrected chi connectivity index (χ0v) is 14.5. The monoisotopic (exact) mass is 352 g/mol. The second kappa shape index (κ2) is 7.66. The van der Waals surface area contributed by atoms with E-state index in [9.17, 15) is 4.39 Å². The van der Waals surface area contributed by atoms with Crippen LogP contribution in [-0.2, 0) is 13.0 Å². The van der Waals surface area contributed by atoms with Crippen molar-refractivity contribution in [3.8, 4) is 11.4 Å². The molecule has 1 aliphatic rings. The highest BCUT2D eigenvalue weighted by Gasteiger charge is 2.15. The largest absolute Gasteiger partial charge is 0.338 e. The van der Waals surface area contributed by atoms with Crippen LogP contribution in [0.2, 0.25) is 0 Å². The number of aromatic nitrogens is 2. The molecule has 3 aromatic rings.